The summed E-state index contributed by atoms with van der Waals surface area (Å²) < 4.78 is 12.2. The van der Waals surface area contributed by atoms with Crippen molar-refractivity contribution in [3.63, 3.8) is 0 Å². The molecule has 2 aromatic carbocycles. The van der Waals surface area contributed by atoms with Gasteiger partial charge in [-0.3, -0.25) is 14.9 Å². The first-order valence-electron chi connectivity index (χ1n) is 12.1. The van der Waals surface area contributed by atoms with Crippen LogP contribution >= 0.6 is 15.9 Å². The number of nitrogens with zero attached hydrogens (tertiary/aromatic N) is 3. The highest BCUT2D eigenvalue weighted by molar-refractivity contribution is 9.10. The van der Waals surface area contributed by atoms with Gasteiger partial charge in [-0.05, 0) is 35.6 Å². The predicted octanol–water partition coefficient (Wildman–Crippen LogP) is 5.32. The number of rotatable bonds is 8. The number of halogens is 1. The Kier molecular flexibility index (Phi) is 7.90. The van der Waals surface area contributed by atoms with E-state index in [1.165, 1.54) is 12.1 Å². The summed E-state index contributed by atoms with van der Waals surface area (Å²) in [4.78, 5) is 26.3. The van der Waals surface area contributed by atoms with Crippen LogP contribution in [0.4, 0.5) is 5.69 Å². The fourth-order valence-corrected chi connectivity index (χ4v) is 5.50. The maximum Gasteiger partial charge on any atom is 0.269 e. The van der Waals surface area contributed by atoms with Gasteiger partial charge in [-0.2, -0.15) is 5.26 Å². The maximum absolute atomic E-state index is 13.7. The van der Waals surface area contributed by atoms with E-state index < -0.39 is 10.8 Å². The number of ketones is 1. The molecule has 2 aliphatic rings. The van der Waals surface area contributed by atoms with Crippen LogP contribution < -0.4 is 10.5 Å². The number of carbonyl (C=O) groups is 1. The van der Waals surface area contributed by atoms with Crippen LogP contribution in [-0.4, -0.2) is 35.9 Å². The first kappa shape index (κ1) is 27.4. The molecule has 1 aliphatic heterocycles. The van der Waals surface area contributed by atoms with E-state index in [9.17, 15) is 20.2 Å². The number of Topliss-reactive ketones (excluding diaryl/α,β-unsaturated/α-hetero) is 1. The molecule has 1 atom stereocenters. The zero-order valence-corrected chi connectivity index (χ0v) is 23.1. The fraction of sp³-hybridized carbons (Fsp3) is 0.357. The Morgan fingerprint density at radius 3 is 2.71 bits per heavy atom. The minimum Gasteiger partial charge on any atom is -0.489 e. The summed E-state index contributed by atoms with van der Waals surface area (Å²) in [6.07, 6.45) is 0.961. The summed E-state index contributed by atoms with van der Waals surface area (Å²) >= 11 is 3.52. The monoisotopic (exact) mass is 580 g/mol. The molecule has 198 valence electrons. The molecule has 0 fully saturated rings. The van der Waals surface area contributed by atoms with Crippen LogP contribution in [-0.2, 0) is 16.1 Å². The van der Waals surface area contributed by atoms with E-state index in [0.29, 0.717) is 54.3 Å². The van der Waals surface area contributed by atoms with Crippen LogP contribution in [0.1, 0.15) is 43.7 Å². The SMILES string of the molecule is COCCN1C(N)=C(C#N)[C@@H](c2cc(Br)ccc2OCc2cccc([N+](=O)[O-])c2)C2=C1CC(C)(C)CC2=O. The normalized spacial score (nSPS) is 18.8. The van der Waals surface area contributed by atoms with E-state index in [2.05, 4.69) is 22.0 Å². The van der Waals surface area contributed by atoms with Crippen molar-refractivity contribution in [1.82, 2.24) is 4.90 Å². The second-order valence-electron chi connectivity index (χ2n) is 10.2. The smallest absolute Gasteiger partial charge is 0.269 e. The predicted molar refractivity (Wildman–Crippen MR) is 145 cm³/mol. The number of allylic oxidation sites excluding steroid dienone is 3. The minimum atomic E-state index is -0.713. The Morgan fingerprint density at radius 1 is 1.26 bits per heavy atom. The Bertz CT molecular complexity index is 1390. The third-order valence-corrected chi connectivity index (χ3v) is 7.30. The molecule has 2 N–H and O–H groups in total. The molecule has 1 heterocycles. The highest BCUT2D eigenvalue weighted by Crippen LogP contribution is 2.50. The van der Waals surface area contributed by atoms with Gasteiger partial charge in [-0.1, -0.05) is 41.9 Å². The van der Waals surface area contributed by atoms with Gasteiger partial charge in [0, 0.05) is 53.5 Å². The Morgan fingerprint density at radius 2 is 2.03 bits per heavy atom. The first-order valence-corrected chi connectivity index (χ1v) is 12.9. The number of benzene rings is 2. The van der Waals surface area contributed by atoms with Crippen LogP contribution in [0.15, 0.2) is 69.6 Å². The number of hydrogen-bond donors (Lipinski definition) is 1. The molecule has 2 aromatic rings. The van der Waals surface area contributed by atoms with Crippen molar-refractivity contribution in [3.8, 4) is 11.8 Å². The van der Waals surface area contributed by atoms with Gasteiger partial charge in [0.25, 0.3) is 5.69 Å². The second kappa shape index (κ2) is 11.0. The number of non-ortho nitro benzene ring substituents is 1. The molecular weight excluding hydrogens is 552 g/mol. The molecule has 0 spiro atoms. The highest BCUT2D eigenvalue weighted by atomic mass is 79.9. The lowest BCUT2D eigenvalue weighted by Gasteiger charge is -2.44. The maximum atomic E-state index is 13.7. The zero-order chi connectivity index (χ0) is 27.6. The van der Waals surface area contributed by atoms with Gasteiger partial charge in [0.2, 0.25) is 0 Å². The van der Waals surface area contributed by atoms with Gasteiger partial charge >= 0.3 is 0 Å². The van der Waals surface area contributed by atoms with E-state index in [0.717, 1.165) is 10.2 Å². The topological polar surface area (TPSA) is 132 Å². The third-order valence-electron chi connectivity index (χ3n) is 6.80. The van der Waals surface area contributed by atoms with E-state index in [-0.39, 0.29) is 29.1 Å². The molecule has 9 nitrogen and oxygen atoms in total. The van der Waals surface area contributed by atoms with E-state index in [4.69, 9.17) is 15.2 Å². The number of nitro benzene ring substituents is 1. The lowest BCUT2D eigenvalue weighted by atomic mass is 9.68. The first-order chi connectivity index (χ1) is 18.1. The minimum absolute atomic E-state index is 0.0294. The summed E-state index contributed by atoms with van der Waals surface area (Å²) in [5.74, 6) is 0.00650. The molecular formula is C28H29BrN4O5. The molecule has 10 heteroatoms. The summed E-state index contributed by atoms with van der Waals surface area (Å²) in [6, 6.07) is 13.9. The molecule has 0 radical (unpaired) electrons. The summed E-state index contributed by atoms with van der Waals surface area (Å²) in [6.45, 7) is 4.95. The van der Waals surface area contributed by atoms with Crippen molar-refractivity contribution in [2.24, 2.45) is 11.1 Å². The fourth-order valence-electron chi connectivity index (χ4n) is 5.12. The summed E-state index contributed by atoms with van der Waals surface area (Å²) in [5.41, 5.74) is 9.16. The second-order valence-corrected chi connectivity index (χ2v) is 11.1. The average Bonchev–Trinajstić information content (AvgIpc) is 2.86. The van der Waals surface area contributed by atoms with Crippen molar-refractivity contribution in [3.05, 3.63) is 90.8 Å². The van der Waals surface area contributed by atoms with Crippen molar-refractivity contribution in [2.45, 2.75) is 39.2 Å². The van der Waals surface area contributed by atoms with Crippen molar-refractivity contribution in [1.29, 1.82) is 5.26 Å². The quantitative estimate of drug-likeness (QED) is 0.327. The number of carbonyl (C=O) groups excluding carboxylic acids is 1. The number of ether oxygens (including phenoxy) is 2. The van der Waals surface area contributed by atoms with Crippen LogP contribution in [0.5, 0.6) is 5.75 Å². The molecule has 0 saturated carbocycles. The van der Waals surface area contributed by atoms with Crippen LogP contribution in [0.3, 0.4) is 0 Å². The summed E-state index contributed by atoms with van der Waals surface area (Å²) in [5, 5.41) is 21.5. The largest absolute Gasteiger partial charge is 0.489 e. The Balaban J connectivity index is 1.82. The van der Waals surface area contributed by atoms with Gasteiger partial charge in [-0.25, -0.2) is 0 Å². The molecule has 0 unspecified atom stereocenters. The van der Waals surface area contributed by atoms with Crippen molar-refractivity contribution in [2.75, 3.05) is 20.3 Å². The number of nitro groups is 1. The van der Waals surface area contributed by atoms with E-state index in [1.54, 1.807) is 31.4 Å². The number of hydrogen-bond acceptors (Lipinski definition) is 8. The van der Waals surface area contributed by atoms with Crippen LogP contribution in [0.2, 0.25) is 0 Å². The Labute approximate surface area is 229 Å². The lowest BCUT2D eigenvalue weighted by molar-refractivity contribution is -0.384. The third kappa shape index (κ3) is 5.44. The van der Waals surface area contributed by atoms with Gasteiger partial charge in [0.1, 0.15) is 18.2 Å². The number of nitriles is 1. The number of nitrogens with two attached hydrogens (primary N) is 1. The van der Waals surface area contributed by atoms with Gasteiger partial charge in [0.15, 0.2) is 5.78 Å². The standard InChI is InChI=1S/C28H29BrN4O5/c1-28(2)13-22-26(23(34)14-28)25(21(15-30)27(31)32(22)9-10-37-3)20-12-18(29)7-8-24(20)38-16-17-5-4-6-19(11-17)33(35)36/h4-8,11-12,25H,9-10,13-14,16,31H2,1-3H3/t25-/m1/s1. The number of methoxy groups -OCH3 is 1. The van der Waals surface area contributed by atoms with Gasteiger partial charge < -0.3 is 20.1 Å². The highest BCUT2D eigenvalue weighted by Gasteiger charge is 2.45. The molecule has 0 amide bonds. The Hall–Kier alpha value is -3.68. The van der Waals surface area contributed by atoms with Crippen molar-refractivity contribution >= 4 is 27.4 Å². The molecule has 38 heavy (non-hydrogen) atoms. The van der Waals surface area contributed by atoms with Gasteiger partial charge in [0.05, 0.1) is 29.1 Å². The molecule has 0 bridgehead atoms. The lowest BCUT2D eigenvalue weighted by Crippen LogP contribution is -2.43. The molecule has 0 saturated heterocycles. The molecule has 4 rings (SSSR count). The van der Waals surface area contributed by atoms with E-state index in [1.807, 2.05) is 24.8 Å². The van der Waals surface area contributed by atoms with Crippen LogP contribution in [0.25, 0.3) is 0 Å². The van der Waals surface area contributed by atoms with Crippen LogP contribution in [0, 0.1) is 26.9 Å². The molecule has 0 aromatic heterocycles. The summed E-state index contributed by atoms with van der Waals surface area (Å²) in [7, 11) is 1.59. The van der Waals surface area contributed by atoms with Gasteiger partial charge in [-0.15, -0.1) is 0 Å². The van der Waals surface area contributed by atoms with E-state index >= 15 is 0 Å². The molecule has 1 aliphatic carbocycles. The average molecular weight is 581 g/mol. The van der Waals surface area contributed by atoms with Crippen molar-refractivity contribution < 1.29 is 19.2 Å². The zero-order valence-electron chi connectivity index (χ0n) is 21.5.